The standard InChI is InChI=1S/C17H16N4O2S/c1-12-16(21-24(22,23)15-5-3-2-4-6-15)9-14(11-19-12)13-7-8-17(18)20-10-13/h2-11,21H,1H3,(H2,18,20). The van der Waals surface area contributed by atoms with E-state index < -0.39 is 10.0 Å². The second-order valence-electron chi connectivity index (χ2n) is 5.25. The van der Waals surface area contributed by atoms with Crippen molar-refractivity contribution in [2.45, 2.75) is 11.8 Å². The molecule has 1 aromatic carbocycles. The highest BCUT2D eigenvalue weighted by molar-refractivity contribution is 7.92. The van der Waals surface area contributed by atoms with Gasteiger partial charge in [0, 0.05) is 23.5 Å². The van der Waals surface area contributed by atoms with E-state index in [0.717, 1.165) is 11.1 Å². The molecule has 0 unspecified atom stereocenters. The van der Waals surface area contributed by atoms with Gasteiger partial charge in [-0.3, -0.25) is 9.71 Å². The quantitative estimate of drug-likeness (QED) is 0.761. The van der Waals surface area contributed by atoms with Crippen molar-refractivity contribution in [3.63, 3.8) is 0 Å². The molecule has 0 radical (unpaired) electrons. The Hall–Kier alpha value is -2.93. The first-order chi connectivity index (χ1) is 11.5. The van der Waals surface area contributed by atoms with E-state index in [0.29, 0.717) is 17.2 Å². The summed E-state index contributed by atoms with van der Waals surface area (Å²) in [7, 11) is -3.67. The fraction of sp³-hybridized carbons (Fsp3) is 0.0588. The van der Waals surface area contributed by atoms with E-state index in [2.05, 4.69) is 14.7 Å². The predicted molar refractivity (Wildman–Crippen MR) is 93.9 cm³/mol. The highest BCUT2D eigenvalue weighted by Crippen LogP contribution is 2.25. The fourth-order valence-electron chi connectivity index (χ4n) is 2.17. The lowest BCUT2D eigenvalue weighted by Gasteiger charge is -2.12. The first-order valence-corrected chi connectivity index (χ1v) is 8.70. The van der Waals surface area contributed by atoms with Gasteiger partial charge in [-0.1, -0.05) is 18.2 Å². The van der Waals surface area contributed by atoms with Crippen LogP contribution < -0.4 is 10.5 Å². The number of nitrogens with zero attached hydrogens (tertiary/aromatic N) is 2. The number of anilines is 2. The van der Waals surface area contributed by atoms with Crippen LogP contribution in [0.15, 0.2) is 65.8 Å². The van der Waals surface area contributed by atoms with E-state index >= 15 is 0 Å². The molecule has 0 spiro atoms. The molecule has 0 saturated heterocycles. The lowest BCUT2D eigenvalue weighted by Crippen LogP contribution is -2.14. The molecule has 3 rings (SSSR count). The van der Waals surface area contributed by atoms with Gasteiger partial charge in [0.1, 0.15) is 5.82 Å². The van der Waals surface area contributed by atoms with Crippen molar-refractivity contribution in [1.82, 2.24) is 9.97 Å². The maximum absolute atomic E-state index is 12.5. The van der Waals surface area contributed by atoms with Crippen molar-refractivity contribution in [2.75, 3.05) is 10.5 Å². The minimum absolute atomic E-state index is 0.198. The summed E-state index contributed by atoms with van der Waals surface area (Å²) in [5, 5.41) is 0. The predicted octanol–water partition coefficient (Wildman–Crippen LogP) is 2.84. The second-order valence-corrected chi connectivity index (χ2v) is 6.93. The molecule has 122 valence electrons. The largest absolute Gasteiger partial charge is 0.384 e. The van der Waals surface area contributed by atoms with E-state index in [9.17, 15) is 8.42 Å². The summed E-state index contributed by atoms with van der Waals surface area (Å²) in [6, 6.07) is 13.4. The maximum Gasteiger partial charge on any atom is 0.261 e. The van der Waals surface area contributed by atoms with Crippen molar-refractivity contribution in [3.8, 4) is 11.1 Å². The van der Waals surface area contributed by atoms with E-state index in [1.165, 1.54) is 0 Å². The summed E-state index contributed by atoms with van der Waals surface area (Å²) in [6.45, 7) is 1.74. The van der Waals surface area contributed by atoms with Crippen LogP contribution in [0.3, 0.4) is 0 Å². The molecule has 3 N–H and O–H groups in total. The van der Waals surface area contributed by atoms with Gasteiger partial charge < -0.3 is 5.73 Å². The number of nitrogens with one attached hydrogen (secondary N) is 1. The van der Waals surface area contributed by atoms with Crippen LogP contribution in [0.4, 0.5) is 11.5 Å². The molecule has 7 heteroatoms. The number of nitrogens with two attached hydrogens (primary N) is 1. The molecule has 24 heavy (non-hydrogen) atoms. The topological polar surface area (TPSA) is 98.0 Å². The molecular formula is C17H16N4O2S. The van der Waals surface area contributed by atoms with Crippen LogP contribution in [0, 0.1) is 6.92 Å². The number of aromatic nitrogens is 2. The highest BCUT2D eigenvalue weighted by atomic mass is 32.2. The van der Waals surface area contributed by atoms with E-state index in [-0.39, 0.29) is 4.90 Å². The highest BCUT2D eigenvalue weighted by Gasteiger charge is 2.15. The third-order valence-corrected chi connectivity index (χ3v) is 4.89. The number of pyridine rings is 2. The molecule has 2 aromatic heterocycles. The molecule has 0 aliphatic carbocycles. The van der Waals surface area contributed by atoms with Crippen molar-refractivity contribution in [2.24, 2.45) is 0 Å². The zero-order valence-corrected chi connectivity index (χ0v) is 13.8. The number of sulfonamides is 1. The van der Waals surface area contributed by atoms with Crippen LogP contribution in [0.2, 0.25) is 0 Å². The van der Waals surface area contributed by atoms with Crippen LogP contribution in [-0.2, 0) is 10.0 Å². The van der Waals surface area contributed by atoms with Gasteiger partial charge in [0.2, 0.25) is 0 Å². The van der Waals surface area contributed by atoms with Crippen LogP contribution in [0.1, 0.15) is 5.69 Å². The summed E-state index contributed by atoms with van der Waals surface area (Å²) in [5.41, 5.74) is 8.15. The number of aryl methyl sites for hydroxylation is 1. The Kier molecular flexibility index (Phi) is 4.18. The number of nitrogen functional groups attached to an aromatic ring is 1. The Morgan fingerprint density at radius 1 is 0.958 bits per heavy atom. The Labute approximate surface area is 140 Å². The van der Waals surface area contributed by atoms with Gasteiger partial charge in [-0.25, -0.2) is 13.4 Å². The Bertz CT molecular complexity index is 956. The number of benzene rings is 1. The molecule has 0 aliphatic rings. The smallest absolute Gasteiger partial charge is 0.261 e. The van der Waals surface area contributed by atoms with Crippen LogP contribution in [0.25, 0.3) is 11.1 Å². The molecule has 0 atom stereocenters. The van der Waals surface area contributed by atoms with E-state index in [1.807, 2.05) is 6.07 Å². The number of rotatable bonds is 4. The Balaban J connectivity index is 1.97. The van der Waals surface area contributed by atoms with Gasteiger partial charge >= 0.3 is 0 Å². The van der Waals surface area contributed by atoms with E-state index in [4.69, 9.17) is 5.73 Å². The first kappa shape index (κ1) is 15.9. The Morgan fingerprint density at radius 3 is 2.33 bits per heavy atom. The average molecular weight is 340 g/mol. The van der Waals surface area contributed by atoms with Crippen molar-refractivity contribution < 1.29 is 8.42 Å². The van der Waals surface area contributed by atoms with Crippen molar-refractivity contribution in [3.05, 3.63) is 66.6 Å². The zero-order valence-electron chi connectivity index (χ0n) is 13.0. The minimum Gasteiger partial charge on any atom is -0.384 e. The number of hydrogen-bond acceptors (Lipinski definition) is 5. The Morgan fingerprint density at radius 2 is 1.67 bits per heavy atom. The van der Waals surface area contributed by atoms with Gasteiger partial charge in [0.25, 0.3) is 10.0 Å². The molecule has 0 amide bonds. The van der Waals surface area contributed by atoms with Gasteiger partial charge in [-0.05, 0) is 37.3 Å². The van der Waals surface area contributed by atoms with Crippen LogP contribution in [-0.4, -0.2) is 18.4 Å². The van der Waals surface area contributed by atoms with Gasteiger partial charge in [0.15, 0.2) is 0 Å². The third kappa shape index (κ3) is 3.36. The fourth-order valence-corrected chi connectivity index (χ4v) is 3.30. The van der Waals surface area contributed by atoms with Crippen molar-refractivity contribution >= 4 is 21.5 Å². The molecule has 0 saturated carbocycles. The minimum atomic E-state index is -3.67. The summed E-state index contributed by atoms with van der Waals surface area (Å²) < 4.78 is 27.5. The van der Waals surface area contributed by atoms with Gasteiger partial charge in [-0.2, -0.15) is 0 Å². The second kappa shape index (κ2) is 6.29. The lowest BCUT2D eigenvalue weighted by atomic mass is 10.1. The molecule has 6 nitrogen and oxygen atoms in total. The van der Waals surface area contributed by atoms with Gasteiger partial charge in [0.05, 0.1) is 16.3 Å². The summed E-state index contributed by atoms with van der Waals surface area (Å²) in [4.78, 5) is 8.51. The molecule has 3 aromatic rings. The van der Waals surface area contributed by atoms with Crippen LogP contribution >= 0.6 is 0 Å². The monoisotopic (exact) mass is 340 g/mol. The molecular weight excluding hydrogens is 324 g/mol. The lowest BCUT2D eigenvalue weighted by molar-refractivity contribution is 0.601. The molecule has 0 bridgehead atoms. The summed E-state index contributed by atoms with van der Waals surface area (Å²) in [5.74, 6) is 0.420. The van der Waals surface area contributed by atoms with Crippen LogP contribution in [0.5, 0.6) is 0 Å². The summed E-state index contributed by atoms with van der Waals surface area (Å²) >= 11 is 0. The molecule has 0 aliphatic heterocycles. The first-order valence-electron chi connectivity index (χ1n) is 7.22. The number of hydrogen-bond donors (Lipinski definition) is 2. The third-order valence-electron chi connectivity index (χ3n) is 3.50. The SMILES string of the molecule is Cc1ncc(-c2ccc(N)nc2)cc1NS(=O)(=O)c1ccccc1. The zero-order chi connectivity index (χ0) is 17.2. The van der Waals surface area contributed by atoms with Crippen molar-refractivity contribution in [1.29, 1.82) is 0 Å². The average Bonchev–Trinajstić information content (AvgIpc) is 2.58. The normalized spacial score (nSPS) is 11.2. The summed E-state index contributed by atoms with van der Waals surface area (Å²) in [6.07, 6.45) is 3.29. The molecule has 0 fully saturated rings. The van der Waals surface area contributed by atoms with Gasteiger partial charge in [-0.15, -0.1) is 0 Å². The van der Waals surface area contributed by atoms with E-state index in [1.54, 1.807) is 61.8 Å². The molecule has 2 heterocycles. The maximum atomic E-state index is 12.5.